The van der Waals surface area contributed by atoms with Crippen molar-refractivity contribution in [3.8, 4) is 0 Å². The van der Waals surface area contributed by atoms with Crippen LogP contribution in [0.2, 0.25) is 0 Å². The van der Waals surface area contributed by atoms with Crippen molar-refractivity contribution in [3.63, 3.8) is 0 Å². The molecule has 0 saturated heterocycles. The van der Waals surface area contributed by atoms with Crippen LogP contribution in [-0.4, -0.2) is 51.3 Å². The highest BCUT2D eigenvalue weighted by atomic mass is 127. The van der Waals surface area contributed by atoms with E-state index in [0.717, 1.165) is 25.1 Å². The Balaban J connectivity index is 0.00000243. The van der Waals surface area contributed by atoms with Crippen LogP contribution < -0.4 is 15.5 Å². The minimum atomic E-state index is 0. The van der Waals surface area contributed by atoms with E-state index in [1.165, 1.54) is 5.56 Å². The molecular weight excluding hydrogens is 443 g/mol. The van der Waals surface area contributed by atoms with Gasteiger partial charge in [0.15, 0.2) is 5.96 Å². The summed E-state index contributed by atoms with van der Waals surface area (Å²) in [6.07, 6.45) is 2.12. The van der Waals surface area contributed by atoms with Crippen molar-refractivity contribution in [2.24, 2.45) is 10.4 Å². The molecule has 26 heavy (non-hydrogen) atoms. The monoisotopic (exact) mass is 472 g/mol. The highest BCUT2D eigenvalue weighted by Gasteiger charge is 2.48. The second kappa shape index (κ2) is 8.56. The van der Waals surface area contributed by atoms with Crippen LogP contribution in [0, 0.1) is 5.41 Å². The Morgan fingerprint density at radius 1 is 1.38 bits per heavy atom. The number of para-hydroxylation sites is 1. The lowest BCUT2D eigenvalue weighted by Gasteiger charge is -2.51. The lowest BCUT2D eigenvalue weighted by atomic mass is 9.64. The molecule has 2 N–H and O–H groups in total. The van der Waals surface area contributed by atoms with Crippen LogP contribution in [-0.2, 0) is 16.0 Å². The zero-order chi connectivity index (χ0) is 18.0. The van der Waals surface area contributed by atoms with E-state index in [-0.39, 0.29) is 54.0 Å². The van der Waals surface area contributed by atoms with Gasteiger partial charge in [-0.2, -0.15) is 0 Å². The van der Waals surface area contributed by atoms with Gasteiger partial charge in [0, 0.05) is 37.8 Å². The van der Waals surface area contributed by atoms with Gasteiger partial charge in [-0.3, -0.25) is 9.79 Å². The van der Waals surface area contributed by atoms with E-state index >= 15 is 0 Å². The third-order valence-corrected chi connectivity index (χ3v) is 5.59. The van der Waals surface area contributed by atoms with Gasteiger partial charge in [-0.25, -0.2) is 0 Å². The Morgan fingerprint density at radius 3 is 2.77 bits per heavy atom. The van der Waals surface area contributed by atoms with Crippen LogP contribution >= 0.6 is 24.0 Å². The molecule has 0 spiro atoms. The van der Waals surface area contributed by atoms with Crippen LogP contribution in [0.1, 0.15) is 25.8 Å². The first kappa shape index (κ1) is 21.0. The number of hydrogen-bond donors (Lipinski definition) is 2. The molecule has 7 heteroatoms. The van der Waals surface area contributed by atoms with Crippen LogP contribution in [0.15, 0.2) is 29.3 Å². The Labute approximate surface area is 172 Å². The number of halogens is 1. The lowest BCUT2D eigenvalue weighted by Crippen LogP contribution is -2.63. The van der Waals surface area contributed by atoms with E-state index in [4.69, 9.17) is 4.74 Å². The molecule has 0 bridgehead atoms. The van der Waals surface area contributed by atoms with Crippen LogP contribution in [0.25, 0.3) is 0 Å². The molecule has 1 fully saturated rings. The second-order valence-corrected chi connectivity index (χ2v) is 7.33. The van der Waals surface area contributed by atoms with E-state index in [2.05, 4.69) is 35.5 Å². The number of amides is 1. The van der Waals surface area contributed by atoms with Crippen molar-refractivity contribution in [1.29, 1.82) is 0 Å². The minimum Gasteiger partial charge on any atom is -0.381 e. The standard InChI is InChI=1S/C19H28N4O2.HI/c1-19(2)15(11-16(19)25-4)22-18(20-3)21-12-17(24)23-10-9-13-7-5-6-8-14(13)23;/h5-8,15-16H,9-12H2,1-4H3,(H2,20,21,22);1H. The lowest BCUT2D eigenvalue weighted by molar-refractivity contribution is -0.117. The maximum atomic E-state index is 12.6. The van der Waals surface area contributed by atoms with Crippen molar-refractivity contribution < 1.29 is 9.53 Å². The third-order valence-electron chi connectivity index (χ3n) is 5.59. The molecule has 6 nitrogen and oxygen atoms in total. The topological polar surface area (TPSA) is 66.0 Å². The number of rotatable bonds is 4. The number of methoxy groups -OCH3 is 1. The zero-order valence-corrected chi connectivity index (χ0v) is 18.2. The van der Waals surface area contributed by atoms with Crippen LogP contribution in [0.3, 0.4) is 0 Å². The van der Waals surface area contributed by atoms with Gasteiger partial charge in [-0.1, -0.05) is 32.0 Å². The molecule has 0 radical (unpaired) electrons. The molecule has 2 aliphatic rings. The second-order valence-electron chi connectivity index (χ2n) is 7.33. The summed E-state index contributed by atoms with van der Waals surface area (Å²) in [7, 11) is 3.48. The molecule has 1 heterocycles. The number of aliphatic imine (C=N–C) groups is 1. The van der Waals surface area contributed by atoms with E-state index in [1.807, 2.05) is 23.1 Å². The summed E-state index contributed by atoms with van der Waals surface area (Å²) in [5, 5.41) is 6.56. The predicted octanol–water partition coefficient (Wildman–Crippen LogP) is 2.17. The van der Waals surface area contributed by atoms with Crippen molar-refractivity contribution in [2.45, 2.75) is 38.8 Å². The molecule has 3 rings (SSSR count). The summed E-state index contributed by atoms with van der Waals surface area (Å²) >= 11 is 0. The number of ether oxygens (including phenoxy) is 1. The molecule has 144 valence electrons. The molecule has 1 aliphatic heterocycles. The fraction of sp³-hybridized carbons (Fsp3) is 0.579. The number of guanidine groups is 1. The zero-order valence-electron chi connectivity index (χ0n) is 15.9. The quantitative estimate of drug-likeness (QED) is 0.401. The number of fused-ring (bicyclic) bond motifs is 1. The normalized spacial score (nSPS) is 23.5. The minimum absolute atomic E-state index is 0. The number of carbonyl (C=O) groups is 1. The molecule has 2 atom stereocenters. The average molecular weight is 472 g/mol. The maximum absolute atomic E-state index is 12.6. The molecule has 1 aliphatic carbocycles. The third kappa shape index (κ3) is 3.98. The van der Waals surface area contributed by atoms with E-state index in [0.29, 0.717) is 5.96 Å². The summed E-state index contributed by atoms with van der Waals surface area (Å²) in [4.78, 5) is 18.7. The van der Waals surface area contributed by atoms with Gasteiger partial charge in [-0.05, 0) is 24.5 Å². The number of hydrogen-bond acceptors (Lipinski definition) is 3. The molecular formula is C19H29IN4O2. The summed E-state index contributed by atoms with van der Waals surface area (Å²) in [5.41, 5.74) is 2.31. The number of anilines is 1. The fourth-order valence-corrected chi connectivity index (χ4v) is 3.74. The van der Waals surface area contributed by atoms with E-state index in [1.54, 1.807) is 14.2 Å². The van der Waals surface area contributed by atoms with Gasteiger partial charge in [-0.15, -0.1) is 24.0 Å². The van der Waals surface area contributed by atoms with Gasteiger partial charge in [0.2, 0.25) is 5.91 Å². The molecule has 2 unspecified atom stereocenters. The van der Waals surface area contributed by atoms with E-state index in [9.17, 15) is 4.79 Å². The number of nitrogens with zero attached hydrogens (tertiary/aromatic N) is 2. The molecule has 1 amide bonds. The predicted molar refractivity (Wildman–Crippen MR) is 115 cm³/mol. The Morgan fingerprint density at radius 2 is 2.12 bits per heavy atom. The number of nitrogens with one attached hydrogen (secondary N) is 2. The van der Waals surface area contributed by atoms with Crippen molar-refractivity contribution >= 4 is 41.5 Å². The first-order valence-electron chi connectivity index (χ1n) is 8.85. The maximum Gasteiger partial charge on any atom is 0.246 e. The SMILES string of the molecule is CN=C(NCC(=O)N1CCc2ccccc21)NC1CC(OC)C1(C)C.I. The van der Waals surface area contributed by atoms with Gasteiger partial charge in [0.1, 0.15) is 0 Å². The molecule has 0 aromatic heterocycles. The van der Waals surface area contributed by atoms with Gasteiger partial charge < -0.3 is 20.3 Å². The van der Waals surface area contributed by atoms with Crippen molar-refractivity contribution in [3.05, 3.63) is 29.8 Å². The first-order chi connectivity index (χ1) is 12.0. The summed E-state index contributed by atoms with van der Waals surface area (Å²) in [6, 6.07) is 8.37. The molecule has 1 aromatic carbocycles. The molecule has 1 aromatic rings. The van der Waals surface area contributed by atoms with E-state index < -0.39 is 0 Å². The van der Waals surface area contributed by atoms with Crippen LogP contribution in [0.4, 0.5) is 5.69 Å². The summed E-state index contributed by atoms with van der Waals surface area (Å²) in [6.45, 7) is 5.34. The average Bonchev–Trinajstić information content (AvgIpc) is 3.04. The highest BCUT2D eigenvalue weighted by molar-refractivity contribution is 14.0. The summed E-state index contributed by atoms with van der Waals surface area (Å²) < 4.78 is 5.48. The van der Waals surface area contributed by atoms with Gasteiger partial charge in [0.25, 0.3) is 0 Å². The van der Waals surface area contributed by atoms with Crippen molar-refractivity contribution in [1.82, 2.24) is 10.6 Å². The summed E-state index contributed by atoms with van der Waals surface area (Å²) in [5.74, 6) is 0.726. The Hall–Kier alpha value is -1.35. The fourth-order valence-electron chi connectivity index (χ4n) is 3.74. The molecule has 1 saturated carbocycles. The smallest absolute Gasteiger partial charge is 0.246 e. The van der Waals surface area contributed by atoms with Crippen LogP contribution in [0.5, 0.6) is 0 Å². The Bertz CT molecular complexity index is 677. The first-order valence-corrected chi connectivity index (χ1v) is 8.85. The number of benzene rings is 1. The highest BCUT2D eigenvalue weighted by Crippen LogP contribution is 2.42. The van der Waals surface area contributed by atoms with Gasteiger partial charge >= 0.3 is 0 Å². The number of carbonyl (C=O) groups excluding carboxylic acids is 1. The van der Waals surface area contributed by atoms with Crippen molar-refractivity contribution in [2.75, 3.05) is 32.1 Å². The van der Waals surface area contributed by atoms with Gasteiger partial charge in [0.05, 0.1) is 12.6 Å². The Kier molecular flexibility index (Phi) is 6.90. The largest absolute Gasteiger partial charge is 0.381 e.